The first kappa shape index (κ1) is 19.1. The number of ether oxygens (including phenoxy) is 1. The summed E-state index contributed by atoms with van der Waals surface area (Å²) >= 11 is 5.84. The maximum Gasteiger partial charge on any atom is 0.287 e. The maximum atomic E-state index is 12.3. The van der Waals surface area contributed by atoms with Gasteiger partial charge in [0.25, 0.3) is 6.33 Å². The lowest BCUT2D eigenvalue weighted by Crippen LogP contribution is -3.00. The van der Waals surface area contributed by atoms with Gasteiger partial charge in [-0.25, -0.2) is 4.57 Å². The van der Waals surface area contributed by atoms with E-state index in [1.807, 2.05) is 36.5 Å². The minimum Gasteiger partial charge on any atom is -1.00 e. The van der Waals surface area contributed by atoms with Crippen LogP contribution in [-0.2, 0) is 6.54 Å². The van der Waals surface area contributed by atoms with Crippen LogP contribution in [0.4, 0.5) is 0 Å². The van der Waals surface area contributed by atoms with Gasteiger partial charge in [0, 0.05) is 22.2 Å². The largest absolute Gasteiger partial charge is 1.00 e. The van der Waals surface area contributed by atoms with Crippen LogP contribution in [0.5, 0.6) is 5.75 Å². The number of methoxy groups -OCH3 is 1. The lowest BCUT2D eigenvalue weighted by molar-refractivity contribution is -0.686. The van der Waals surface area contributed by atoms with Crippen molar-refractivity contribution in [1.82, 2.24) is 4.98 Å². The van der Waals surface area contributed by atoms with Crippen LogP contribution in [0, 0.1) is 0 Å². The molecule has 0 aliphatic heterocycles. The highest BCUT2D eigenvalue weighted by molar-refractivity contribution is 6.30. The quantitative estimate of drug-likeness (QED) is 0.449. The Bertz CT molecular complexity index is 852. The standard InChI is InChI=1S/C19H16ClN2O2.BrH/c1-24-17-4-2-3-15(11-17)18-9-10-22(13-21-18)12-19(23)14-5-7-16(20)8-6-14;/h2-11,13H,12H2,1H3;1H/q+1;/p-1. The monoisotopic (exact) mass is 418 g/mol. The molecule has 128 valence electrons. The van der Waals surface area contributed by atoms with Crippen molar-refractivity contribution in [1.29, 1.82) is 0 Å². The average Bonchev–Trinajstić information content (AvgIpc) is 2.63. The predicted molar refractivity (Wildman–Crippen MR) is 92.2 cm³/mol. The molecule has 0 saturated heterocycles. The number of benzene rings is 2. The highest BCUT2D eigenvalue weighted by Gasteiger charge is 2.12. The summed E-state index contributed by atoms with van der Waals surface area (Å²) in [6.45, 7) is 0.229. The molecule has 3 aromatic rings. The van der Waals surface area contributed by atoms with Crippen molar-refractivity contribution in [3.63, 3.8) is 0 Å². The Morgan fingerprint density at radius 3 is 2.56 bits per heavy atom. The SMILES string of the molecule is COc1cccc(-c2cc[n+](CC(=O)c3ccc(Cl)cc3)cn2)c1.[Br-]. The lowest BCUT2D eigenvalue weighted by Gasteiger charge is -2.02. The van der Waals surface area contributed by atoms with Crippen molar-refractivity contribution < 1.29 is 31.1 Å². The van der Waals surface area contributed by atoms with E-state index in [0.717, 1.165) is 17.0 Å². The summed E-state index contributed by atoms with van der Waals surface area (Å²) in [7, 11) is 1.63. The Labute approximate surface area is 161 Å². The van der Waals surface area contributed by atoms with Crippen LogP contribution in [-0.4, -0.2) is 17.9 Å². The van der Waals surface area contributed by atoms with E-state index in [1.165, 1.54) is 0 Å². The molecule has 0 saturated carbocycles. The summed E-state index contributed by atoms with van der Waals surface area (Å²) in [5.41, 5.74) is 2.42. The predicted octanol–water partition coefficient (Wildman–Crippen LogP) is 0.585. The van der Waals surface area contributed by atoms with Crippen LogP contribution in [0.25, 0.3) is 11.3 Å². The topological polar surface area (TPSA) is 43.1 Å². The van der Waals surface area contributed by atoms with Crippen LogP contribution < -0.4 is 26.3 Å². The zero-order valence-corrected chi connectivity index (χ0v) is 15.9. The molecule has 0 radical (unpaired) electrons. The zero-order valence-electron chi connectivity index (χ0n) is 13.5. The van der Waals surface area contributed by atoms with Gasteiger partial charge in [-0.2, -0.15) is 0 Å². The fourth-order valence-corrected chi connectivity index (χ4v) is 2.45. The second-order valence-corrected chi connectivity index (χ2v) is 5.72. The Hall–Kier alpha value is -2.24. The molecule has 0 aliphatic rings. The van der Waals surface area contributed by atoms with Crippen LogP contribution in [0.15, 0.2) is 67.1 Å². The number of rotatable bonds is 5. The van der Waals surface area contributed by atoms with E-state index in [9.17, 15) is 4.79 Å². The first-order chi connectivity index (χ1) is 11.7. The minimum atomic E-state index is 0. The van der Waals surface area contributed by atoms with Gasteiger partial charge in [-0.1, -0.05) is 23.7 Å². The Morgan fingerprint density at radius 2 is 1.92 bits per heavy atom. The van der Waals surface area contributed by atoms with Gasteiger partial charge in [-0.15, -0.1) is 0 Å². The molecule has 3 rings (SSSR count). The first-order valence-corrected chi connectivity index (χ1v) is 7.82. The molecule has 1 heterocycles. The highest BCUT2D eigenvalue weighted by atomic mass is 79.9. The Morgan fingerprint density at radius 1 is 1.16 bits per heavy atom. The van der Waals surface area contributed by atoms with Crippen LogP contribution in [0.3, 0.4) is 0 Å². The molecule has 0 spiro atoms. The molecule has 0 bridgehead atoms. The normalized spacial score (nSPS) is 10.0. The van der Waals surface area contributed by atoms with E-state index in [2.05, 4.69) is 4.98 Å². The van der Waals surface area contributed by atoms with Gasteiger partial charge in [0.05, 0.1) is 13.3 Å². The molecule has 4 nitrogen and oxygen atoms in total. The van der Waals surface area contributed by atoms with Gasteiger partial charge in [-0.05, 0) is 41.4 Å². The van der Waals surface area contributed by atoms with Crippen molar-refractivity contribution in [2.24, 2.45) is 0 Å². The van der Waals surface area contributed by atoms with E-state index in [0.29, 0.717) is 10.6 Å². The van der Waals surface area contributed by atoms with Gasteiger partial charge >= 0.3 is 0 Å². The second-order valence-electron chi connectivity index (χ2n) is 5.28. The first-order valence-electron chi connectivity index (χ1n) is 7.44. The fourth-order valence-electron chi connectivity index (χ4n) is 2.32. The van der Waals surface area contributed by atoms with Gasteiger partial charge in [0.15, 0.2) is 12.2 Å². The van der Waals surface area contributed by atoms with E-state index >= 15 is 0 Å². The number of nitrogens with zero attached hydrogens (tertiary/aromatic N) is 2. The van der Waals surface area contributed by atoms with E-state index in [4.69, 9.17) is 16.3 Å². The van der Waals surface area contributed by atoms with Gasteiger partial charge < -0.3 is 21.7 Å². The number of carbonyl (C=O) groups is 1. The van der Waals surface area contributed by atoms with E-state index in [1.54, 1.807) is 42.3 Å². The van der Waals surface area contributed by atoms with Gasteiger partial charge in [-0.3, -0.25) is 4.79 Å². The average molecular weight is 420 g/mol. The third kappa shape index (κ3) is 4.87. The van der Waals surface area contributed by atoms with Crippen molar-refractivity contribution in [3.05, 3.63) is 77.7 Å². The molecule has 0 fully saturated rings. The minimum absolute atomic E-state index is 0. The van der Waals surface area contributed by atoms with Gasteiger partial charge in [0.1, 0.15) is 5.75 Å². The second kappa shape index (κ2) is 8.74. The Balaban J connectivity index is 0.00000225. The van der Waals surface area contributed by atoms with E-state index < -0.39 is 0 Å². The molecule has 0 atom stereocenters. The molecular weight excluding hydrogens is 404 g/mol. The zero-order chi connectivity index (χ0) is 16.9. The maximum absolute atomic E-state index is 12.3. The third-order valence-corrected chi connectivity index (χ3v) is 3.88. The molecule has 2 aromatic carbocycles. The molecule has 25 heavy (non-hydrogen) atoms. The molecule has 0 N–H and O–H groups in total. The summed E-state index contributed by atoms with van der Waals surface area (Å²) in [5.74, 6) is 0.788. The van der Waals surface area contributed by atoms with Crippen molar-refractivity contribution in [2.45, 2.75) is 6.54 Å². The number of carbonyl (C=O) groups excluding carboxylic acids is 1. The molecule has 0 unspecified atom stereocenters. The van der Waals surface area contributed by atoms with Crippen molar-refractivity contribution in [2.75, 3.05) is 7.11 Å². The summed E-state index contributed by atoms with van der Waals surface area (Å²) in [6, 6.07) is 16.4. The molecule has 0 aliphatic carbocycles. The van der Waals surface area contributed by atoms with Crippen molar-refractivity contribution in [3.8, 4) is 17.0 Å². The fraction of sp³-hybridized carbons (Fsp3) is 0.105. The summed E-state index contributed by atoms with van der Waals surface area (Å²) < 4.78 is 6.97. The summed E-state index contributed by atoms with van der Waals surface area (Å²) in [6.07, 6.45) is 3.50. The van der Waals surface area contributed by atoms with E-state index in [-0.39, 0.29) is 29.3 Å². The Kier molecular flexibility index (Phi) is 6.67. The molecular formula is C19H16BrClN2O2. The number of Topliss-reactive ketones (excluding diaryl/α,β-unsaturated/α-hetero) is 1. The summed E-state index contributed by atoms with van der Waals surface area (Å²) in [5, 5.41) is 0.614. The van der Waals surface area contributed by atoms with Crippen LogP contribution in [0.1, 0.15) is 10.4 Å². The smallest absolute Gasteiger partial charge is 0.287 e. The number of hydrogen-bond donors (Lipinski definition) is 0. The number of hydrogen-bond acceptors (Lipinski definition) is 3. The molecule has 0 amide bonds. The molecule has 6 heteroatoms. The third-order valence-electron chi connectivity index (χ3n) is 3.63. The molecule has 1 aromatic heterocycles. The summed E-state index contributed by atoms with van der Waals surface area (Å²) in [4.78, 5) is 16.7. The van der Waals surface area contributed by atoms with Gasteiger partial charge in [0.2, 0.25) is 5.78 Å². The number of ketones is 1. The van der Waals surface area contributed by atoms with Crippen LogP contribution in [0.2, 0.25) is 5.02 Å². The lowest BCUT2D eigenvalue weighted by atomic mass is 10.1. The highest BCUT2D eigenvalue weighted by Crippen LogP contribution is 2.21. The number of aromatic nitrogens is 2. The van der Waals surface area contributed by atoms with Crippen LogP contribution >= 0.6 is 11.6 Å². The number of halogens is 2. The van der Waals surface area contributed by atoms with Crippen molar-refractivity contribution >= 4 is 17.4 Å².